The van der Waals surface area contributed by atoms with Crippen molar-refractivity contribution in [2.24, 2.45) is 0 Å². The molecule has 0 heterocycles. The molecule has 0 unspecified atom stereocenters. The van der Waals surface area contributed by atoms with Gasteiger partial charge in [0.15, 0.2) is 11.7 Å². The number of amides is 2. The fourth-order valence-corrected chi connectivity index (χ4v) is 2.48. The molecule has 0 bridgehead atoms. The summed E-state index contributed by atoms with van der Waals surface area (Å²) >= 11 is 14.3. The molecule has 0 aromatic heterocycles. The first kappa shape index (κ1) is 20.2. The second kappa shape index (κ2) is 9.51. The largest absolute Gasteiger partial charge is 0.484 e. The summed E-state index contributed by atoms with van der Waals surface area (Å²) in [6, 6.07) is 11.9. The third-order valence-corrected chi connectivity index (χ3v) is 4.58. The normalized spacial score (nSPS) is 9.96. The molecule has 6 nitrogen and oxygen atoms in total. The first-order chi connectivity index (χ1) is 12.4. The Hall–Kier alpha value is -2.16. The molecule has 9 heteroatoms. The van der Waals surface area contributed by atoms with Gasteiger partial charge in [-0.25, -0.2) is 0 Å². The molecule has 0 saturated heterocycles. The van der Waals surface area contributed by atoms with Gasteiger partial charge in [0.2, 0.25) is 0 Å². The van der Waals surface area contributed by atoms with Gasteiger partial charge in [0.05, 0.1) is 10.6 Å². The molecule has 3 N–H and O–H groups in total. The van der Waals surface area contributed by atoms with Gasteiger partial charge in [-0.1, -0.05) is 39.7 Å². The topological polar surface area (TPSA) is 79.5 Å². The number of hydrogen-bond acceptors (Lipinski definition) is 4. The molecule has 2 amide bonds. The molecular formula is C17H15BrClN3O3S. The van der Waals surface area contributed by atoms with Crippen LogP contribution in [0.15, 0.2) is 46.9 Å². The number of halogens is 2. The van der Waals surface area contributed by atoms with Gasteiger partial charge in [0.1, 0.15) is 5.75 Å². The van der Waals surface area contributed by atoms with E-state index >= 15 is 0 Å². The lowest BCUT2D eigenvalue weighted by atomic mass is 10.2. The smallest absolute Gasteiger partial charge is 0.276 e. The lowest BCUT2D eigenvalue weighted by Gasteiger charge is -2.12. The van der Waals surface area contributed by atoms with Crippen molar-refractivity contribution in [3.05, 3.63) is 63.1 Å². The average molecular weight is 457 g/mol. The van der Waals surface area contributed by atoms with Gasteiger partial charge in [-0.2, -0.15) is 0 Å². The van der Waals surface area contributed by atoms with E-state index in [0.717, 1.165) is 10.0 Å². The summed E-state index contributed by atoms with van der Waals surface area (Å²) in [4.78, 5) is 23.8. The Balaban J connectivity index is 1.76. The molecule has 136 valence electrons. The van der Waals surface area contributed by atoms with Crippen LogP contribution in [0.1, 0.15) is 15.9 Å². The molecule has 2 aromatic carbocycles. The van der Waals surface area contributed by atoms with E-state index < -0.39 is 11.8 Å². The molecule has 0 spiro atoms. The van der Waals surface area contributed by atoms with Crippen LogP contribution in [0, 0.1) is 6.92 Å². The minimum absolute atomic E-state index is 0.0669. The summed E-state index contributed by atoms with van der Waals surface area (Å²) in [5, 5.41) is 2.65. The van der Waals surface area contributed by atoms with Crippen molar-refractivity contribution in [3.8, 4) is 5.75 Å². The molecular weight excluding hydrogens is 442 g/mol. The fourth-order valence-electron chi connectivity index (χ4n) is 1.87. The van der Waals surface area contributed by atoms with Gasteiger partial charge in [-0.3, -0.25) is 25.8 Å². The number of aryl methyl sites for hydroxylation is 1. The highest BCUT2D eigenvalue weighted by atomic mass is 79.9. The number of hydrazine groups is 1. The second-order valence-electron chi connectivity index (χ2n) is 5.14. The van der Waals surface area contributed by atoms with E-state index in [1.54, 1.807) is 36.4 Å². The summed E-state index contributed by atoms with van der Waals surface area (Å²) in [6.07, 6.45) is 0. The lowest BCUT2D eigenvalue weighted by molar-refractivity contribution is -0.123. The van der Waals surface area contributed by atoms with Crippen LogP contribution >= 0.6 is 39.7 Å². The number of benzene rings is 2. The molecule has 2 aromatic rings. The van der Waals surface area contributed by atoms with E-state index in [0.29, 0.717) is 10.8 Å². The predicted octanol–water partition coefficient (Wildman–Crippen LogP) is 3.13. The first-order valence-corrected chi connectivity index (χ1v) is 8.98. The highest BCUT2D eigenvalue weighted by Crippen LogP contribution is 2.21. The Morgan fingerprint density at radius 2 is 1.92 bits per heavy atom. The number of thiocarbonyl (C=S) groups is 1. The number of ether oxygens (including phenoxy) is 1. The summed E-state index contributed by atoms with van der Waals surface area (Å²) in [5.41, 5.74) is 6.03. The van der Waals surface area contributed by atoms with Crippen LogP contribution in [0.2, 0.25) is 5.02 Å². The van der Waals surface area contributed by atoms with Gasteiger partial charge in [-0.05, 0) is 55.0 Å². The SMILES string of the molecule is Cc1cc(OCC(=O)NNC(=S)NC(=O)c2ccccc2Cl)ccc1Br. The lowest BCUT2D eigenvalue weighted by Crippen LogP contribution is -2.49. The van der Waals surface area contributed by atoms with Crippen molar-refractivity contribution in [3.63, 3.8) is 0 Å². The minimum Gasteiger partial charge on any atom is -0.484 e. The third kappa shape index (κ3) is 5.98. The molecule has 0 aliphatic rings. The first-order valence-electron chi connectivity index (χ1n) is 7.40. The molecule has 2 rings (SSSR count). The van der Waals surface area contributed by atoms with Crippen LogP contribution in [0.4, 0.5) is 0 Å². The Bertz CT molecular complexity index is 848. The molecule has 0 aliphatic heterocycles. The van der Waals surface area contributed by atoms with Crippen molar-refractivity contribution in [2.45, 2.75) is 6.92 Å². The van der Waals surface area contributed by atoms with Gasteiger partial charge < -0.3 is 4.74 Å². The second-order valence-corrected chi connectivity index (χ2v) is 6.81. The van der Waals surface area contributed by atoms with Gasteiger partial charge in [0, 0.05) is 4.47 Å². The van der Waals surface area contributed by atoms with Crippen LogP contribution in [0.5, 0.6) is 5.75 Å². The molecule has 0 atom stereocenters. The molecule has 0 fully saturated rings. The van der Waals surface area contributed by atoms with Gasteiger partial charge >= 0.3 is 0 Å². The van der Waals surface area contributed by atoms with Crippen LogP contribution < -0.4 is 20.9 Å². The third-order valence-electron chi connectivity index (χ3n) is 3.16. The highest BCUT2D eigenvalue weighted by Gasteiger charge is 2.11. The number of rotatable bonds is 4. The van der Waals surface area contributed by atoms with Crippen molar-refractivity contribution in [1.82, 2.24) is 16.2 Å². The van der Waals surface area contributed by atoms with Crippen LogP contribution in [0.3, 0.4) is 0 Å². The Labute approximate surface area is 169 Å². The van der Waals surface area contributed by atoms with Gasteiger partial charge in [0.25, 0.3) is 11.8 Å². The maximum atomic E-state index is 12.0. The number of nitrogens with one attached hydrogen (secondary N) is 3. The van der Waals surface area contributed by atoms with E-state index in [2.05, 4.69) is 32.1 Å². The zero-order chi connectivity index (χ0) is 19.1. The summed E-state index contributed by atoms with van der Waals surface area (Å²) in [5.74, 6) is -0.376. The summed E-state index contributed by atoms with van der Waals surface area (Å²) < 4.78 is 6.34. The van der Waals surface area contributed by atoms with Crippen LogP contribution in [-0.4, -0.2) is 23.5 Å². The molecule has 0 radical (unpaired) electrons. The monoisotopic (exact) mass is 455 g/mol. The predicted molar refractivity (Wildman–Crippen MR) is 107 cm³/mol. The molecule has 0 aliphatic carbocycles. The number of carbonyl (C=O) groups excluding carboxylic acids is 2. The van der Waals surface area contributed by atoms with E-state index in [9.17, 15) is 9.59 Å². The summed E-state index contributed by atoms with van der Waals surface area (Å²) in [7, 11) is 0. The molecule has 26 heavy (non-hydrogen) atoms. The zero-order valence-corrected chi connectivity index (χ0v) is 16.8. The standard InChI is InChI=1S/C17H15BrClN3O3S/c1-10-8-11(6-7-13(10)18)25-9-15(23)21-22-17(26)20-16(24)12-4-2-3-5-14(12)19/h2-8H,9H2,1H3,(H,21,23)(H2,20,22,24,26). The quantitative estimate of drug-likeness (QED) is 0.487. The highest BCUT2D eigenvalue weighted by molar-refractivity contribution is 9.10. The maximum absolute atomic E-state index is 12.0. The summed E-state index contributed by atoms with van der Waals surface area (Å²) in [6.45, 7) is 1.70. The average Bonchev–Trinajstić information content (AvgIpc) is 2.61. The number of hydrogen-bond donors (Lipinski definition) is 3. The Morgan fingerprint density at radius 1 is 1.19 bits per heavy atom. The van der Waals surface area contributed by atoms with Crippen LogP contribution in [-0.2, 0) is 4.79 Å². The Morgan fingerprint density at radius 3 is 2.62 bits per heavy atom. The Kier molecular flexibility index (Phi) is 7.38. The zero-order valence-electron chi connectivity index (χ0n) is 13.6. The maximum Gasteiger partial charge on any atom is 0.276 e. The van der Waals surface area contributed by atoms with Crippen molar-refractivity contribution < 1.29 is 14.3 Å². The molecule has 0 saturated carbocycles. The van der Waals surface area contributed by atoms with Crippen LogP contribution in [0.25, 0.3) is 0 Å². The minimum atomic E-state index is -0.482. The van der Waals surface area contributed by atoms with E-state index in [-0.39, 0.29) is 17.3 Å². The van der Waals surface area contributed by atoms with Crippen molar-refractivity contribution in [1.29, 1.82) is 0 Å². The van der Waals surface area contributed by atoms with E-state index in [1.807, 2.05) is 13.0 Å². The van der Waals surface area contributed by atoms with E-state index in [4.69, 9.17) is 28.6 Å². The van der Waals surface area contributed by atoms with Crippen molar-refractivity contribution in [2.75, 3.05) is 6.61 Å². The fraction of sp³-hybridized carbons (Fsp3) is 0.118. The van der Waals surface area contributed by atoms with Crippen molar-refractivity contribution >= 4 is 56.7 Å². The van der Waals surface area contributed by atoms with Gasteiger partial charge in [-0.15, -0.1) is 0 Å². The number of carbonyl (C=O) groups is 2. The van der Waals surface area contributed by atoms with E-state index in [1.165, 1.54) is 0 Å².